The van der Waals surface area contributed by atoms with Crippen molar-refractivity contribution in [3.05, 3.63) is 12.7 Å². The van der Waals surface area contributed by atoms with Gasteiger partial charge in [0.15, 0.2) is 0 Å². The number of nitrogens with zero attached hydrogens (tertiary/aromatic N) is 2. The third-order valence-electron chi connectivity index (χ3n) is 2.51. The second-order valence-electron chi connectivity index (χ2n) is 3.56. The van der Waals surface area contributed by atoms with Gasteiger partial charge in [-0.05, 0) is 6.08 Å². The summed E-state index contributed by atoms with van der Waals surface area (Å²) in [5.41, 5.74) is 0. The first-order chi connectivity index (χ1) is 6.74. The first-order valence-electron chi connectivity index (χ1n) is 5.04. The molecule has 4 heteroatoms. The average Bonchev–Trinajstić information content (AvgIpc) is 2.26. The molecule has 0 aromatic rings. The highest BCUT2D eigenvalue weighted by atomic mass is 16.2. The van der Waals surface area contributed by atoms with Crippen LogP contribution in [0.5, 0.6) is 0 Å². The highest BCUT2D eigenvalue weighted by Crippen LogP contribution is 1.93. The summed E-state index contributed by atoms with van der Waals surface area (Å²) in [5.74, 6) is 0.000124. The summed E-state index contributed by atoms with van der Waals surface area (Å²) in [4.78, 5) is 15.2. The Labute approximate surface area is 85.6 Å². The molecule has 1 rings (SSSR count). The van der Waals surface area contributed by atoms with Crippen LogP contribution in [0, 0.1) is 0 Å². The Morgan fingerprint density at radius 1 is 1.57 bits per heavy atom. The Balaban J connectivity index is 2.18. The monoisotopic (exact) mass is 197 g/mol. The van der Waals surface area contributed by atoms with Crippen molar-refractivity contribution < 1.29 is 4.79 Å². The summed E-state index contributed by atoms with van der Waals surface area (Å²) in [6.07, 6.45) is 1.36. The Hall–Kier alpha value is -0.870. The number of likely N-dealkylation sites (N-methyl/N-ethyl adjacent to an activating group) is 1. The fourth-order valence-electron chi connectivity index (χ4n) is 1.49. The second kappa shape index (κ2) is 5.78. The van der Waals surface area contributed by atoms with Crippen LogP contribution < -0.4 is 5.32 Å². The van der Waals surface area contributed by atoms with Gasteiger partial charge in [0.2, 0.25) is 5.91 Å². The summed E-state index contributed by atoms with van der Waals surface area (Å²) < 4.78 is 0. The van der Waals surface area contributed by atoms with Gasteiger partial charge in [0.25, 0.3) is 0 Å². The first-order valence-corrected chi connectivity index (χ1v) is 5.04. The van der Waals surface area contributed by atoms with Gasteiger partial charge in [-0.1, -0.05) is 6.58 Å². The van der Waals surface area contributed by atoms with Crippen molar-refractivity contribution in [2.45, 2.75) is 0 Å². The number of carbonyl (C=O) groups excluding carboxylic acids is 1. The lowest BCUT2D eigenvalue weighted by Gasteiger charge is -2.28. The van der Waals surface area contributed by atoms with Gasteiger partial charge in [-0.15, -0.1) is 0 Å². The van der Waals surface area contributed by atoms with Crippen LogP contribution in [-0.4, -0.2) is 62.0 Å². The summed E-state index contributed by atoms with van der Waals surface area (Å²) in [7, 11) is 1.81. The number of carbonyl (C=O) groups is 1. The number of piperazine rings is 1. The molecule has 1 fully saturated rings. The zero-order chi connectivity index (χ0) is 10.4. The maximum absolute atomic E-state index is 11.2. The van der Waals surface area contributed by atoms with Gasteiger partial charge in [0, 0.05) is 46.3 Å². The van der Waals surface area contributed by atoms with Gasteiger partial charge < -0.3 is 10.2 Å². The van der Waals surface area contributed by atoms with E-state index in [-0.39, 0.29) is 5.91 Å². The van der Waals surface area contributed by atoms with Crippen LogP contribution in [0.4, 0.5) is 0 Å². The predicted molar refractivity (Wildman–Crippen MR) is 57.1 cm³/mol. The lowest BCUT2D eigenvalue weighted by molar-refractivity contribution is -0.124. The maximum Gasteiger partial charge on any atom is 0.245 e. The van der Waals surface area contributed by atoms with Gasteiger partial charge in [-0.25, -0.2) is 0 Å². The maximum atomic E-state index is 11.2. The van der Waals surface area contributed by atoms with E-state index in [1.54, 1.807) is 4.90 Å². The molecule has 1 saturated heterocycles. The molecule has 0 aliphatic carbocycles. The molecule has 80 valence electrons. The quantitative estimate of drug-likeness (QED) is 0.619. The Morgan fingerprint density at radius 3 is 2.79 bits per heavy atom. The van der Waals surface area contributed by atoms with E-state index in [4.69, 9.17) is 0 Å². The van der Waals surface area contributed by atoms with E-state index in [0.29, 0.717) is 0 Å². The van der Waals surface area contributed by atoms with Gasteiger partial charge in [-0.3, -0.25) is 9.69 Å². The van der Waals surface area contributed by atoms with Crippen molar-refractivity contribution in [3.63, 3.8) is 0 Å². The highest BCUT2D eigenvalue weighted by molar-refractivity contribution is 5.86. The zero-order valence-corrected chi connectivity index (χ0v) is 8.83. The standard InChI is InChI=1S/C10H19N3O/c1-3-10(14)12(2)8-9-13-6-4-11-5-7-13/h3,11H,1,4-9H2,2H3. The normalized spacial score (nSPS) is 17.8. The molecular formula is C10H19N3O. The second-order valence-corrected chi connectivity index (χ2v) is 3.56. The molecule has 0 unspecified atom stereocenters. The molecule has 1 heterocycles. The van der Waals surface area contributed by atoms with E-state index in [9.17, 15) is 4.79 Å². The smallest absolute Gasteiger partial charge is 0.245 e. The SMILES string of the molecule is C=CC(=O)N(C)CCN1CCNCC1. The number of nitrogens with one attached hydrogen (secondary N) is 1. The van der Waals surface area contributed by atoms with Crippen LogP contribution >= 0.6 is 0 Å². The fourth-order valence-corrected chi connectivity index (χ4v) is 1.49. The van der Waals surface area contributed by atoms with Crippen molar-refractivity contribution in [2.24, 2.45) is 0 Å². The summed E-state index contributed by atoms with van der Waals surface area (Å²) in [6, 6.07) is 0. The molecule has 0 saturated carbocycles. The van der Waals surface area contributed by atoms with Crippen molar-refractivity contribution >= 4 is 5.91 Å². The Kier molecular flexibility index (Phi) is 4.62. The van der Waals surface area contributed by atoms with E-state index in [1.165, 1.54) is 6.08 Å². The molecule has 0 spiro atoms. The molecule has 1 aliphatic heterocycles. The Bertz CT molecular complexity index is 200. The fraction of sp³-hybridized carbons (Fsp3) is 0.700. The summed E-state index contributed by atoms with van der Waals surface area (Å²) in [5, 5.41) is 3.30. The number of hydrogen-bond acceptors (Lipinski definition) is 3. The van der Waals surface area contributed by atoms with Crippen LogP contribution in [0.2, 0.25) is 0 Å². The minimum absolute atomic E-state index is 0.000124. The van der Waals surface area contributed by atoms with Gasteiger partial charge in [0.1, 0.15) is 0 Å². The molecule has 1 amide bonds. The summed E-state index contributed by atoms with van der Waals surface area (Å²) in [6.45, 7) is 9.47. The molecule has 1 N–H and O–H groups in total. The van der Waals surface area contributed by atoms with E-state index in [2.05, 4.69) is 16.8 Å². The van der Waals surface area contributed by atoms with Crippen LogP contribution in [0.15, 0.2) is 12.7 Å². The molecule has 0 bridgehead atoms. The van der Waals surface area contributed by atoms with E-state index >= 15 is 0 Å². The highest BCUT2D eigenvalue weighted by Gasteiger charge is 2.10. The molecular weight excluding hydrogens is 178 g/mol. The molecule has 0 atom stereocenters. The first kappa shape index (κ1) is 11.2. The van der Waals surface area contributed by atoms with Gasteiger partial charge in [0.05, 0.1) is 0 Å². The van der Waals surface area contributed by atoms with Crippen LogP contribution in [-0.2, 0) is 4.79 Å². The molecule has 0 aromatic heterocycles. The van der Waals surface area contributed by atoms with E-state index in [1.807, 2.05) is 7.05 Å². The third kappa shape index (κ3) is 3.47. The largest absolute Gasteiger partial charge is 0.341 e. The average molecular weight is 197 g/mol. The number of rotatable bonds is 4. The molecule has 14 heavy (non-hydrogen) atoms. The van der Waals surface area contributed by atoms with Gasteiger partial charge in [-0.2, -0.15) is 0 Å². The molecule has 0 radical (unpaired) electrons. The number of hydrogen-bond donors (Lipinski definition) is 1. The zero-order valence-electron chi connectivity index (χ0n) is 8.83. The van der Waals surface area contributed by atoms with E-state index < -0.39 is 0 Å². The number of amides is 1. The van der Waals surface area contributed by atoms with Crippen LogP contribution in [0.25, 0.3) is 0 Å². The predicted octanol–water partition coefficient (Wildman–Crippen LogP) is -0.464. The summed E-state index contributed by atoms with van der Waals surface area (Å²) >= 11 is 0. The lowest BCUT2D eigenvalue weighted by atomic mass is 10.3. The van der Waals surface area contributed by atoms with E-state index in [0.717, 1.165) is 39.3 Å². The van der Waals surface area contributed by atoms with Crippen LogP contribution in [0.3, 0.4) is 0 Å². The third-order valence-corrected chi connectivity index (χ3v) is 2.51. The molecule has 1 aliphatic rings. The van der Waals surface area contributed by atoms with Gasteiger partial charge >= 0.3 is 0 Å². The molecule has 0 aromatic carbocycles. The molecule has 4 nitrogen and oxygen atoms in total. The van der Waals surface area contributed by atoms with Crippen molar-refractivity contribution in [3.8, 4) is 0 Å². The minimum Gasteiger partial charge on any atom is -0.341 e. The van der Waals surface area contributed by atoms with Crippen LogP contribution in [0.1, 0.15) is 0 Å². The lowest BCUT2D eigenvalue weighted by Crippen LogP contribution is -2.46. The Morgan fingerprint density at radius 2 is 2.21 bits per heavy atom. The minimum atomic E-state index is 0.000124. The topological polar surface area (TPSA) is 35.6 Å². The van der Waals surface area contributed by atoms with Crippen molar-refractivity contribution in [1.29, 1.82) is 0 Å². The van der Waals surface area contributed by atoms with Crippen molar-refractivity contribution in [2.75, 3.05) is 46.3 Å². The van der Waals surface area contributed by atoms with Crippen molar-refractivity contribution in [1.82, 2.24) is 15.1 Å².